The number of hydrogen-bond donors (Lipinski definition) is 0. The van der Waals surface area contributed by atoms with Crippen LogP contribution in [0.25, 0.3) is 0 Å². The van der Waals surface area contributed by atoms with Crippen LogP contribution in [-0.4, -0.2) is 35.3 Å². The zero-order valence-corrected chi connectivity index (χ0v) is 13.2. The van der Waals surface area contributed by atoms with E-state index in [-0.39, 0.29) is 0 Å². The molecule has 0 radical (unpaired) electrons. The molecule has 0 aromatic carbocycles. The molecule has 0 fully saturated rings. The van der Waals surface area contributed by atoms with Crippen molar-refractivity contribution in [1.29, 1.82) is 5.26 Å². The summed E-state index contributed by atoms with van der Waals surface area (Å²) in [5.74, 6) is 0.831. The van der Waals surface area contributed by atoms with Crippen LogP contribution in [0.4, 0.5) is 0 Å². The molecule has 0 N–H and O–H groups in total. The summed E-state index contributed by atoms with van der Waals surface area (Å²) in [5, 5.41) is 13.9. The summed E-state index contributed by atoms with van der Waals surface area (Å²) in [6.07, 6.45) is 4.07. The minimum absolute atomic E-state index is 0.397. The van der Waals surface area contributed by atoms with Gasteiger partial charge in [-0.25, -0.2) is 0 Å². The van der Waals surface area contributed by atoms with E-state index in [1.54, 1.807) is 0 Å². The van der Waals surface area contributed by atoms with Crippen LogP contribution in [0.5, 0.6) is 0 Å². The first-order chi connectivity index (χ1) is 9.54. The van der Waals surface area contributed by atoms with E-state index < -0.39 is 0 Å². The van der Waals surface area contributed by atoms with E-state index in [0.717, 1.165) is 25.9 Å². The van der Waals surface area contributed by atoms with E-state index >= 15 is 0 Å². The number of rotatable bonds is 5. The molecule has 0 aliphatic heterocycles. The Morgan fingerprint density at radius 1 is 1.45 bits per heavy atom. The molecule has 0 spiro atoms. The monoisotopic (exact) mass is 274 g/mol. The zero-order valence-electron chi connectivity index (χ0n) is 13.2. The molecule has 1 unspecified atom stereocenters. The van der Waals surface area contributed by atoms with Crippen LogP contribution in [-0.2, 0) is 13.0 Å². The van der Waals surface area contributed by atoms with Crippen LogP contribution in [0.3, 0.4) is 0 Å². The molecule has 20 heavy (non-hydrogen) atoms. The SMILES string of the molecule is CC(C)c1nn(CCN(C)C)c2c1C(CC#N)CCC2. The first-order valence-corrected chi connectivity index (χ1v) is 7.65. The molecule has 1 atom stereocenters. The van der Waals surface area contributed by atoms with Gasteiger partial charge in [0.25, 0.3) is 0 Å². The maximum atomic E-state index is 9.07. The number of likely N-dealkylation sites (N-methyl/N-ethyl adjacent to an activating group) is 1. The third-order valence-electron chi connectivity index (χ3n) is 4.14. The Kier molecular flexibility index (Phi) is 4.82. The Morgan fingerprint density at radius 2 is 2.20 bits per heavy atom. The minimum Gasteiger partial charge on any atom is -0.308 e. The van der Waals surface area contributed by atoms with Crippen molar-refractivity contribution in [2.45, 2.75) is 57.9 Å². The molecule has 2 rings (SSSR count). The number of aromatic nitrogens is 2. The average Bonchev–Trinajstić information content (AvgIpc) is 2.77. The van der Waals surface area contributed by atoms with E-state index in [1.165, 1.54) is 23.4 Å². The summed E-state index contributed by atoms with van der Waals surface area (Å²) in [4.78, 5) is 2.19. The van der Waals surface area contributed by atoms with Gasteiger partial charge in [-0.15, -0.1) is 0 Å². The molecular formula is C16H26N4. The molecule has 1 aliphatic carbocycles. The minimum atomic E-state index is 0.397. The highest BCUT2D eigenvalue weighted by molar-refractivity contribution is 5.35. The summed E-state index contributed by atoms with van der Waals surface area (Å²) in [6, 6.07) is 2.36. The van der Waals surface area contributed by atoms with Crippen molar-refractivity contribution >= 4 is 0 Å². The van der Waals surface area contributed by atoms with Crippen molar-refractivity contribution in [1.82, 2.24) is 14.7 Å². The van der Waals surface area contributed by atoms with E-state index in [9.17, 15) is 0 Å². The van der Waals surface area contributed by atoms with Crippen LogP contribution < -0.4 is 0 Å². The molecule has 0 saturated heterocycles. The van der Waals surface area contributed by atoms with Gasteiger partial charge in [0.15, 0.2) is 0 Å². The van der Waals surface area contributed by atoms with Gasteiger partial charge in [0, 0.05) is 30.1 Å². The molecule has 110 valence electrons. The first-order valence-electron chi connectivity index (χ1n) is 7.65. The molecule has 0 bridgehead atoms. The van der Waals surface area contributed by atoms with Gasteiger partial charge >= 0.3 is 0 Å². The van der Waals surface area contributed by atoms with E-state index in [1.807, 2.05) is 0 Å². The van der Waals surface area contributed by atoms with E-state index in [4.69, 9.17) is 10.4 Å². The van der Waals surface area contributed by atoms with Crippen LogP contribution in [0.15, 0.2) is 0 Å². The lowest BCUT2D eigenvalue weighted by Crippen LogP contribution is -2.21. The summed E-state index contributed by atoms with van der Waals surface area (Å²) < 4.78 is 2.20. The van der Waals surface area contributed by atoms with Crippen molar-refractivity contribution in [3.8, 4) is 6.07 Å². The molecule has 1 aromatic heterocycles. The van der Waals surface area contributed by atoms with Gasteiger partial charge in [-0.1, -0.05) is 13.8 Å². The van der Waals surface area contributed by atoms with E-state index in [0.29, 0.717) is 18.3 Å². The van der Waals surface area contributed by atoms with Crippen LogP contribution in [0.2, 0.25) is 0 Å². The van der Waals surface area contributed by atoms with Crippen molar-refractivity contribution in [2.24, 2.45) is 0 Å². The lowest BCUT2D eigenvalue weighted by Gasteiger charge is -2.23. The zero-order chi connectivity index (χ0) is 14.7. The van der Waals surface area contributed by atoms with Gasteiger partial charge in [0.05, 0.1) is 18.3 Å². The average molecular weight is 274 g/mol. The standard InChI is InChI=1S/C16H26N4/c1-12(2)16-15-13(8-9-17)6-5-7-14(15)20(18-16)11-10-19(3)4/h12-13H,5-8,10-11H2,1-4H3. The molecule has 4 heteroatoms. The lowest BCUT2D eigenvalue weighted by molar-refractivity contribution is 0.366. The fraction of sp³-hybridized carbons (Fsp3) is 0.750. The highest BCUT2D eigenvalue weighted by Crippen LogP contribution is 2.38. The molecule has 1 heterocycles. The highest BCUT2D eigenvalue weighted by atomic mass is 15.3. The second-order valence-corrected chi connectivity index (χ2v) is 6.38. The van der Waals surface area contributed by atoms with Crippen molar-refractivity contribution in [3.63, 3.8) is 0 Å². The fourth-order valence-corrected chi connectivity index (χ4v) is 3.12. The molecule has 1 aliphatic rings. The van der Waals surface area contributed by atoms with Gasteiger partial charge in [-0.2, -0.15) is 10.4 Å². The smallest absolute Gasteiger partial charge is 0.0688 e. The predicted molar refractivity (Wildman–Crippen MR) is 80.8 cm³/mol. The van der Waals surface area contributed by atoms with Gasteiger partial charge in [0.1, 0.15) is 0 Å². The first kappa shape index (κ1) is 15.1. The van der Waals surface area contributed by atoms with Gasteiger partial charge < -0.3 is 4.90 Å². The third-order valence-corrected chi connectivity index (χ3v) is 4.14. The number of nitrogens with zero attached hydrogens (tertiary/aromatic N) is 4. The third kappa shape index (κ3) is 3.04. The number of fused-ring (bicyclic) bond motifs is 1. The predicted octanol–water partition coefficient (Wildman–Crippen LogP) is 2.90. The molecule has 4 nitrogen and oxygen atoms in total. The Hall–Kier alpha value is -1.34. The van der Waals surface area contributed by atoms with Gasteiger partial charge in [0.2, 0.25) is 0 Å². The van der Waals surface area contributed by atoms with Crippen molar-refractivity contribution < 1.29 is 0 Å². The van der Waals surface area contributed by atoms with Crippen molar-refractivity contribution in [3.05, 3.63) is 17.0 Å². The molecular weight excluding hydrogens is 248 g/mol. The van der Waals surface area contributed by atoms with Gasteiger partial charge in [-0.05, 0) is 39.3 Å². The largest absolute Gasteiger partial charge is 0.308 e. The summed E-state index contributed by atoms with van der Waals surface area (Å²) in [7, 11) is 4.19. The van der Waals surface area contributed by atoms with Crippen LogP contribution >= 0.6 is 0 Å². The fourth-order valence-electron chi connectivity index (χ4n) is 3.12. The number of nitriles is 1. The topological polar surface area (TPSA) is 44.9 Å². The van der Waals surface area contributed by atoms with Crippen LogP contribution in [0.1, 0.15) is 61.9 Å². The molecule has 0 amide bonds. The van der Waals surface area contributed by atoms with Crippen molar-refractivity contribution in [2.75, 3.05) is 20.6 Å². The molecule has 0 saturated carbocycles. The Bertz CT molecular complexity index is 493. The quantitative estimate of drug-likeness (QED) is 0.829. The van der Waals surface area contributed by atoms with Crippen LogP contribution in [0, 0.1) is 11.3 Å². The number of hydrogen-bond acceptors (Lipinski definition) is 3. The van der Waals surface area contributed by atoms with E-state index in [2.05, 4.69) is 43.6 Å². The Morgan fingerprint density at radius 3 is 2.80 bits per heavy atom. The summed E-state index contributed by atoms with van der Waals surface area (Å²) in [6.45, 7) is 6.36. The summed E-state index contributed by atoms with van der Waals surface area (Å²) in [5.41, 5.74) is 4.01. The summed E-state index contributed by atoms with van der Waals surface area (Å²) >= 11 is 0. The maximum absolute atomic E-state index is 9.07. The Labute approximate surface area is 122 Å². The van der Waals surface area contributed by atoms with Gasteiger partial charge in [-0.3, -0.25) is 4.68 Å². The Balaban J connectivity index is 2.36. The lowest BCUT2D eigenvalue weighted by atomic mass is 9.82. The highest BCUT2D eigenvalue weighted by Gasteiger charge is 2.29. The second-order valence-electron chi connectivity index (χ2n) is 6.38. The maximum Gasteiger partial charge on any atom is 0.0688 e. The second kappa shape index (κ2) is 6.41. The molecule has 1 aromatic rings. The normalized spacial score (nSPS) is 18.4.